The van der Waals surface area contributed by atoms with Gasteiger partial charge < -0.3 is 24.6 Å². The van der Waals surface area contributed by atoms with Crippen molar-refractivity contribution in [2.45, 2.75) is 89.7 Å². The van der Waals surface area contributed by atoms with Gasteiger partial charge in [0.25, 0.3) is 0 Å². The fourth-order valence-electron chi connectivity index (χ4n) is 4.48. The molecule has 1 fully saturated rings. The van der Waals surface area contributed by atoms with E-state index in [2.05, 4.69) is 36.1 Å². The first kappa shape index (κ1) is 27.9. The van der Waals surface area contributed by atoms with Crippen LogP contribution >= 0.6 is 12.2 Å². The Labute approximate surface area is 208 Å². The lowest BCUT2D eigenvalue weighted by Gasteiger charge is -2.36. The number of methoxy groups -OCH3 is 1. The van der Waals surface area contributed by atoms with Crippen molar-refractivity contribution in [2.24, 2.45) is 0 Å². The van der Waals surface area contributed by atoms with Gasteiger partial charge in [-0.2, -0.15) is 0 Å². The quantitative estimate of drug-likeness (QED) is 0.235. The Morgan fingerprint density at radius 1 is 0.939 bits per heavy atom. The molecule has 6 heteroatoms. The molecule has 1 aromatic carbocycles. The molecule has 0 aromatic heterocycles. The average molecular weight is 478 g/mol. The number of nitrogens with one attached hydrogen (secondary N) is 1. The molecule has 0 unspecified atom stereocenters. The van der Waals surface area contributed by atoms with E-state index >= 15 is 0 Å². The molecule has 0 heterocycles. The minimum absolute atomic E-state index is 0.419. The average Bonchev–Trinajstić information content (AvgIpc) is 2.84. The fourth-order valence-corrected chi connectivity index (χ4v) is 4.75. The second-order valence-corrected chi connectivity index (χ2v) is 9.88. The van der Waals surface area contributed by atoms with Crippen molar-refractivity contribution in [1.29, 1.82) is 0 Å². The minimum atomic E-state index is 0.419. The van der Waals surface area contributed by atoms with E-state index in [0.29, 0.717) is 12.1 Å². The van der Waals surface area contributed by atoms with Crippen molar-refractivity contribution in [3.63, 3.8) is 0 Å². The molecule has 0 amide bonds. The maximum Gasteiger partial charge on any atom is 0.173 e. The van der Waals surface area contributed by atoms with E-state index < -0.39 is 0 Å². The smallest absolute Gasteiger partial charge is 0.173 e. The van der Waals surface area contributed by atoms with Gasteiger partial charge in [-0.15, -0.1) is 0 Å². The molecule has 188 valence electrons. The first-order valence-corrected chi connectivity index (χ1v) is 13.4. The summed E-state index contributed by atoms with van der Waals surface area (Å²) < 4.78 is 11.4. The van der Waals surface area contributed by atoms with Crippen LogP contribution in [-0.4, -0.2) is 68.0 Å². The highest BCUT2D eigenvalue weighted by Gasteiger charge is 2.25. The Morgan fingerprint density at radius 2 is 1.58 bits per heavy atom. The molecule has 33 heavy (non-hydrogen) atoms. The van der Waals surface area contributed by atoms with Gasteiger partial charge >= 0.3 is 0 Å². The van der Waals surface area contributed by atoms with Crippen molar-refractivity contribution < 1.29 is 9.47 Å². The third-order valence-corrected chi connectivity index (χ3v) is 7.17. The highest BCUT2D eigenvalue weighted by molar-refractivity contribution is 7.80. The Hall–Kier alpha value is -1.37. The van der Waals surface area contributed by atoms with Crippen LogP contribution in [-0.2, 0) is 4.74 Å². The van der Waals surface area contributed by atoms with Gasteiger partial charge in [0.1, 0.15) is 5.75 Å². The van der Waals surface area contributed by atoms with E-state index in [0.717, 1.165) is 48.8 Å². The molecule has 1 aliphatic rings. The molecule has 0 aliphatic heterocycles. The molecule has 0 saturated heterocycles. The Kier molecular flexibility index (Phi) is 13.8. The third kappa shape index (κ3) is 11.1. The molecule has 1 saturated carbocycles. The van der Waals surface area contributed by atoms with Crippen LogP contribution in [0.2, 0.25) is 0 Å². The van der Waals surface area contributed by atoms with Crippen molar-refractivity contribution in [3.8, 4) is 5.75 Å². The van der Waals surface area contributed by atoms with E-state index in [1.54, 1.807) is 7.11 Å². The molecular formula is C27H47N3O2S. The Bertz CT molecular complexity index is 647. The molecule has 0 atom stereocenters. The number of nitrogens with zero attached hydrogens (tertiary/aromatic N) is 2. The lowest BCUT2D eigenvalue weighted by molar-refractivity contribution is 0.0149. The molecule has 2 rings (SSSR count). The summed E-state index contributed by atoms with van der Waals surface area (Å²) in [5, 5.41) is 4.13. The zero-order chi connectivity index (χ0) is 23.9. The van der Waals surface area contributed by atoms with Crippen LogP contribution in [0, 0.1) is 0 Å². The first-order valence-electron chi connectivity index (χ1n) is 13.0. The summed E-state index contributed by atoms with van der Waals surface area (Å²) >= 11 is 5.64. The lowest BCUT2D eigenvalue weighted by atomic mass is 9.92. The second-order valence-electron chi connectivity index (χ2n) is 9.50. The molecule has 0 bridgehead atoms. The van der Waals surface area contributed by atoms with Gasteiger partial charge in [-0.1, -0.05) is 32.6 Å². The van der Waals surface area contributed by atoms with Crippen molar-refractivity contribution >= 4 is 23.0 Å². The van der Waals surface area contributed by atoms with Crippen LogP contribution in [0.15, 0.2) is 24.3 Å². The molecule has 5 nitrogen and oxygen atoms in total. The van der Waals surface area contributed by atoms with Gasteiger partial charge in [-0.3, -0.25) is 0 Å². The van der Waals surface area contributed by atoms with Gasteiger partial charge in [-0.25, -0.2) is 0 Å². The molecule has 0 spiro atoms. The topological polar surface area (TPSA) is 37.0 Å². The Morgan fingerprint density at radius 3 is 2.21 bits per heavy atom. The predicted octanol–water partition coefficient (Wildman–Crippen LogP) is 6.33. The van der Waals surface area contributed by atoms with Crippen LogP contribution in [0.5, 0.6) is 5.75 Å². The van der Waals surface area contributed by atoms with Gasteiger partial charge in [0.05, 0.1) is 13.2 Å². The maximum atomic E-state index is 6.19. The number of thiocarbonyl (C=S) groups is 1. The first-order chi connectivity index (χ1) is 16.0. The van der Waals surface area contributed by atoms with Crippen molar-refractivity contribution in [1.82, 2.24) is 9.80 Å². The number of hydrogen-bond acceptors (Lipinski definition) is 4. The molecule has 0 radical (unpaired) electrons. The van der Waals surface area contributed by atoms with Crippen molar-refractivity contribution in [3.05, 3.63) is 24.3 Å². The summed E-state index contributed by atoms with van der Waals surface area (Å²) in [4.78, 5) is 4.70. The Balaban J connectivity index is 1.52. The van der Waals surface area contributed by atoms with Gasteiger partial charge in [0.2, 0.25) is 0 Å². The predicted molar refractivity (Wildman–Crippen MR) is 144 cm³/mol. The highest BCUT2D eigenvalue weighted by atomic mass is 32.1. The monoisotopic (exact) mass is 477 g/mol. The number of unbranched alkanes of at least 4 members (excludes halogenated alkanes) is 5. The van der Waals surface area contributed by atoms with E-state index in [1.165, 1.54) is 58.0 Å². The number of anilines is 1. The molecule has 1 aliphatic carbocycles. The van der Waals surface area contributed by atoms with Crippen LogP contribution in [0.1, 0.15) is 77.6 Å². The minimum Gasteiger partial charge on any atom is -0.497 e. The van der Waals surface area contributed by atoms with E-state index in [4.69, 9.17) is 21.7 Å². The SMILES string of the molecule is CCCCCN(C)CCCCCCOC1CCC(N(C)C(=S)Nc2ccc(OC)cc2)CC1. The summed E-state index contributed by atoms with van der Waals surface area (Å²) in [6.45, 7) is 5.66. The second kappa shape index (κ2) is 16.3. The molecule has 1 aromatic rings. The standard InChI is InChI=1S/C27H47N3O2S/c1-5-6-9-20-29(2)21-10-7-8-11-22-32-26-18-14-24(15-19-26)30(3)27(33)28-23-12-16-25(31-4)17-13-23/h12-13,16-17,24,26H,5-11,14-15,18-22H2,1-4H3,(H,28,33). The number of rotatable bonds is 15. The summed E-state index contributed by atoms with van der Waals surface area (Å²) in [5.41, 5.74) is 0.993. The fraction of sp³-hybridized carbons (Fsp3) is 0.741. The van der Waals surface area contributed by atoms with Gasteiger partial charge in [0, 0.05) is 25.4 Å². The highest BCUT2D eigenvalue weighted by Crippen LogP contribution is 2.25. The number of ether oxygens (including phenoxy) is 2. The summed E-state index contributed by atoms with van der Waals surface area (Å²) in [6, 6.07) is 8.36. The lowest BCUT2D eigenvalue weighted by Crippen LogP contribution is -2.42. The van der Waals surface area contributed by atoms with Crippen LogP contribution in [0.25, 0.3) is 0 Å². The normalized spacial score (nSPS) is 18.3. The van der Waals surface area contributed by atoms with E-state index in [9.17, 15) is 0 Å². The van der Waals surface area contributed by atoms with Crippen LogP contribution < -0.4 is 10.1 Å². The number of hydrogen-bond donors (Lipinski definition) is 1. The maximum absolute atomic E-state index is 6.19. The van der Waals surface area contributed by atoms with Crippen LogP contribution in [0.3, 0.4) is 0 Å². The summed E-state index contributed by atoms with van der Waals surface area (Å²) in [7, 11) is 6.04. The zero-order valence-corrected chi connectivity index (χ0v) is 22.3. The molecule has 1 N–H and O–H groups in total. The third-order valence-electron chi connectivity index (χ3n) is 6.78. The summed E-state index contributed by atoms with van der Waals surface area (Å²) in [5.74, 6) is 0.851. The van der Waals surface area contributed by atoms with E-state index in [1.807, 2.05) is 24.3 Å². The zero-order valence-electron chi connectivity index (χ0n) is 21.5. The number of benzene rings is 1. The van der Waals surface area contributed by atoms with Gasteiger partial charge in [-0.05, 0) is 102 Å². The van der Waals surface area contributed by atoms with Crippen molar-refractivity contribution in [2.75, 3.05) is 46.2 Å². The van der Waals surface area contributed by atoms with Crippen LogP contribution in [0.4, 0.5) is 5.69 Å². The van der Waals surface area contributed by atoms with Gasteiger partial charge in [0.15, 0.2) is 5.11 Å². The largest absolute Gasteiger partial charge is 0.497 e. The van der Waals surface area contributed by atoms with E-state index in [-0.39, 0.29) is 0 Å². The molecular weight excluding hydrogens is 430 g/mol. The summed E-state index contributed by atoms with van der Waals surface area (Å²) in [6.07, 6.45) is 14.0.